The van der Waals surface area contributed by atoms with Gasteiger partial charge in [0.15, 0.2) is 0 Å². The molecule has 1 saturated heterocycles. The number of nitrogens with zero attached hydrogens (tertiary/aromatic N) is 1. The lowest BCUT2D eigenvalue weighted by Crippen LogP contribution is -2.38. The van der Waals surface area contributed by atoms with Crippen molar-refractivity contribution in [1.29, 1.82) is 0 Å². The Labute approximate surface area is 135 Å². The van der Waals surface area contributed by atoms with E-state index >= 15 is 0 Å². The number of hydrogen-bond donors (Lipinski definition) is 0. The number of rotatable bonds is 3. The van der Waals surface area contributed by atoms with E-state index in [0.29, 0.717) is 12.2 Å². The maximum Gasteiger partial charge on any atom is 0.416 e. The molecule has 128 valence electrons. The van der Waals surface area contributed by atoms with Crippen LogP contribution < -0.4 is 4.90 Å². The quantitative estimate of drug-likeness (QED) is 0.772. The zero-order chi connectivity index (χ0) is 16.3. The molecule has 2 fully saturated rings. The Bertz CT molecular complexity index is 486. The Hall–Kier alpha value is -1.23. The van der Waals surface area contributed by atoms with Gasteiger partial charge in [0, 0.05) is 18.8 Å². The average Bonchev–Trinajstić information content (AvgIpc) is 2.56. The molecule has 1 aliphatic carbocycles. The van der Waals surface area contributed by atoms with Crippen molar-refractivity contribution >= 4 is 5.69 Å². The van der Waals surface area contributed by atoms with Crippen LogP contribution in [0.25, 0.3) is 0 Å². The topological polar surface area (TPSA) is 12.5 Å². The van der Waals surface area contributed by atoms with E-state index in [1.807, 2.05) is 0 Å². The molecule has 2 nitrogen and oxygen atoms in total. The first-order valence-electron chi connectivity index (χ1n) is 8.60. The molecular weight excluding hydrogens is 303 g/mol. The van der Waals surface area contributed by atoms with E-state index in [9.17, 15) is 13.2 Å². The molecule has 1 aliphatic heterocycles. The lowest BCUT2D eigenvalue weighted by Gasteiger charge is -2.36. The van der Waals surface area contributed by atoms with Crippen molar-refractivity contribution in [2.24, 2.45) is 0 Å². The molecule has 3 rings (SSSR count). The summed E-state index contributed by atoms with van der Waals surface area (Å²) in [6.45, 7) is 1.70. The second-order valence-corrected chi connectivity index (χ2v) is 6.63. The number of piperidine rings is 1. The highest BCUT2D eigenvalue weighted by atomic mass is 19.4. The van der Waals surface area contributed by atoms with Crippen LogP contribution in [0.5, 0.6) is 0 Å². The smallest absolute Gasteiger partial charge is 0.375 e. The van der Waals surface area contributed by atoms with Gasteiger partial charge in [-0.2, -0.15) is 13.2 Å². The van der Waals surface area contributed by atoms with Crippen LogP contribution in [0.15, 0.2) is 24.3 Å². The summed E-state index contributed by atoms with van der Waals surface area (Å²) in [4.78, 5) is 2.15. The molecule has 5 heteroatoms. The highest BCUT2D eigenvalue weighted by molar-refractivity contribution is 5.48. The molecule has 0 unspecified atom stereocenters. The fourth-order valence-electron chi connectivity index (χ4n) is 3.58. The second kappa shape index (κ2) is 7.12. The third-order valence-corrected chi connectivity index (χ3v) is 4.94. The van der Waals surface area contributed by atoms with Gasteiger partial charge < -0.3 is 9.64 Å². The van der Waals surface area contributed by atoms with Crippen LogP contribution >= 0.6 is 0 Å². The van der Waals surface area contributed by atoms with Crippen molar-refractivity contribution in [2.75, 3.05) is 18.0 Å². The van der Waals surface area contributed by atoms with Crippen LogP contribution in [0, 0.1) is 0 Å². The predicted octanol–water partition coefficient (Wildman–Crippen LogP) is 5.02. The first kappa shape index (κ1) is 16.6. The van der Waals surface area contributed by atoms with Crippen LogP contribution in [-0.2, 0) is 10.9 Å². The molecule has 2 aliphatic rings. The third-order valence-electron chi connectivity index (χ3n) is 4.94. The summed E-state index contributed by atoms with van der Waals surface area (Å²) < 4.78 is 44.0. The molecule has 0 N–H and O–H groups in total. The Morgan fingerprint density at radius 2 is 1.39 bits per heavy atom. The van der Waals surface area contributed by atoms with Gasteiger partial charge in [0.05, 0.1) is 17.8 Å². The first-order valence-corrected chi connectivity index (χ1v) is 8.60. The van der Waals surface area contributed by atoms with Crippen molar-refractivity contribution < 1.29 is 17.9 Å². The molecule has 0 radical (unpaired) electrons. The van der Waals surface area contributed by atoms with E-state index in [1.165, 1.54) is 44.2 Å². The Morgan fingerprint density at radius 1 is 0.826 bits per heavy atom. The fourth-order valence-corrected chi connectivity index (χ4v) is 3.58. The zero-order valence-corrected chi connectivity index (χ0v) is 13.3. The van der Waals surface area contributed by atoms with Crippen LogP contribution in [0.4, 0.5) is 18.9 Å². The molecular formula is C18H24F3NO. The first-order chi connectivity index (χ1) is 11.0. The van der Waals surface area contributed by atoms with Gasteiger partial charge in [-0.15, -0.1) is 0 Å². The Morgan fingerprint density at radius 3 is 1.96 bits per heavy atom. The van der Waals surface area contributed by atoms with Crippen molar-refractivity contribution in [1.82, 2.24) is 0 Å². The van der Waals surface area contributed by atoms with Gasteiger partial charge in [0.1, 0.15) is 0 Å². The van der Waals surface area contributed by atoms with Gasteiger partial charge in [-0.25, -0.2) is 0 Å². The summed E-state index contributed by atoms with van der Waals surface area (Å²) in [5.74, 6) is 0. The van der Waals surface area contributed by atoms with Crippen LogP contribution in [0.2, 0.25) is 0 Å². The minimum atomic E-state index is -4.26. The molecule has 1 heterocycles. The lowest BCUT2D eigenvalue weighted by atomic mass is 9.97. The van der Waals surface area contributed by atoms with Crippen molar-refractivity contribution in [3.8, 4) is 0 Å². The van der Waals surface area contributed by atoms with Crippen LogP contribution in [-0.4, -0.2) is 25.3 Å². The number of hydrogen-bond acceptors (Lipinski definition) is 2. The summed E-state index contributed by atoms with van der Waals surface area (Å²) in [5, 5.41) is 0. The second-order valence-electron chi connectivity index (χ2n) is 6.63. The Kier molecular flexibility index (Phi) is 5.14. The maximum absolute atomic E-state index is 12.6. The number of ether oxygens (including phenoxy) is 1. The highest BCUT2D eigenvalue weighted by Gasteiger charge is 2.30. The molecule has 0 atom stereocenters. The number of alkyl halides is 3. The van der Waals surface area contributed by atoms with Crippen LogP contribution in [0.1, 0.15) is 50.5 Å². The molecule has 0 spiro atoms. The summed E-state index contributed by atoms with van der Waals surface area (Å²) >= 11 is 0. The van der Waals surface area contributed by atoms with E-state index in [1.54, 1.807) is 12.1 Å². The predicted molar refractivity (Wildman–Crippen MR) is 84.6 cm³/mol. The fraction of sp³-hybridized carbons (Fsp3) is 0.667. The summed E-state index contributed by atoms with van der Waals surface area (Å²) in [6, 6.07) is 5.48. The monoisotopic (exact) mass is 327 g/mol. The van der Waals surface area contributed by atoms with Gasteiger partial charge in [-0.1, -0.05) is 19.3 Å². The van der Waals surface area contributed by atoms with Crippen molar-refractivity contribution in [2.45, 2.75) is 63.3 Å². The number of anilines is 1. The largest absolute Gasteiger partial charge is 0.416 e. The Balaban J connectivity index is 1.50. The molecule has 1 saturated carbocycles. The molecule has 1 aromatic carbocycles. The standard InChI is InChI=1S/C18H24F3NO/c19-18(20,21)14-6-8-15(9-7-14)22-12-10-17(11-13-22)23-16-4-2-1-3-5-16/h6-9,16-17H,1-5,10-13H2. The van der Waals surface area contributed by atoms with Gasteiger partial charge in [-0.3, -0.25) is 0 Å². The van der Waals surface area contributed by atoms with E-state index in [4.69, 9.17) is 4.74 Å². The molecule has 0 bridgehead atoms. The van der Waals surface area contributed by atoms with Crippen molar-refractivity contribution in [3.05, 3.63) is 29.8 Å². The van der Waals surface area contributed by atoms with E-state index in [0.717, 1.165) is 31.6 Å². The number of benzene rings is 1. The van der Waals surface area contributed by atoms with Gasteiger partial charge in [0.2, 0.25) is 0 Å². The molecule has 1 aromatic rings. The molecule has 0 aromatic heterocycles. The summed E-state index contributed by atoms with van der Waals surface area (Å²) in [7, 11) is 0. The highest BCUT2D eigenvalue weighted by Crippen LogP contribution is 2.31. The molecule has 0 amide bonds. The minimum absolute atomic E-state index is 0.309. The van der Waals surface area contributed by atoms with Gasteiger partial charge in [-0.05, 0) is 49.9 Å². The normalized spacial score (nSPS) is 21.6. The summed E-state index contributed by atoms with van der Waals surface area (Å²) in [5.41, 5.74) is 0.283. The van der Waals surface area contributed by atoms with E-state index < -0.39 is 11.7 Å². The van der Waals surface area contributed by atoms with Crippen LogP contribution in [0.3, 0.4) is 0 Å². The lowest BCUT2D eigenvalue weighted by molar-refractivity contribution is -0.137. The third kappa shape index (κ3) is 4.40. The molecule has 23 heavy (non-hydrogen) atoms. The number of halogens is 3. The average molecular weight is 327 g/mol. The van der Waals surface area contributed by atoms with Gasteiger partial charge >= 0.3 is 6.18 Å². The van der Waals surface area contributed by atoms with E-state index in [-0.39, 0.29) is 0 Å². The van der Waals surface area contributed by atoms with Gasteiger partial charge in [0.25, 0.3) is 0 Å². The minimum Gasteiger partial charge on any atom is -0.375 e. The van der Waals surface area contributed by atoms with E-state index in [2.05, 4.69) is 4.90 Å². The SMILES string of the molecule is FC(F)(F)c1ccc(N2CCC(OC3CCCCC3)CC2)cc1. The summed E-state index contributed by atoms with van der Waals surface area (Å²) in [6.07, 6.45) is 4.61. The maximum atomic E-state index is 12.6. The zero-order valence-electron chi connectivity index (χ0n) is 13.3. The van der Waals surface area contributed by atoms with Crippen molar-refractivity contribution in [3.63, 3.8) is 0 Å².